The average Bonchev–Trinajstić information content (AvgIpc) is 3.19. The Balaban J connectivity index is 1.31. The summed E-state index contributed by atoms with van der Waals surface area (Å²) in [6.07, 6.45) is -0.320. The summed E-state index contributed by atoms with van der Waals surface area (Å²) >= 11 is 0. The lowest BCUT2D eigenvalue weighted by atomic mass is 10.0. The number of benzene rings is 6. The van der Waals surface area contributed by atoms with Crippen LogP contribution in [0.5, 0.6) is 0 Å². The Kier molecular flexibility index (Phi) is 11.6. The molecule has 1 fully saturated rings. The van der Waals surface area contributed by atoms with E-state index in [0.29, 0.717) is 32.8 Å². The van der Waals surface area contributed by atoms with Gasteiger partial charge in [-0.2, -0.15) is 0 Å². The quantitative estimate of drug-likeness (QED) is 0.108. The lowest BCUT2D eigenvalue weighted by Gasteiger charge is -2.45. The fourth-order valence-corrected chi connectivity index (χ4v) is 11.7. The van der Waals surface area contributed by atoms with Crippen LogP contribution in [0.4, 0.5) is 0 Å². The van der Waals surface area contributed by atoms with Gasteiger partial charge in [0.15, 0.2) is 5.85 Å². The molecular weight excluding hydrogens is 635 g/mol. The van der Waals surface area contributed by atoms with E-state index in [9.17, 15) is 0 Å². The Morgan fingerprint density at radius 1 is 0.460 bits per heavy atom. The Bertz CT molecular complexity index is 1740. The first-order chi connectivity index (χ1) is 24.8. The first-order valence-electron chi connectivity index (χ1n) is 17.4. The molecule has 0 saturated carbocycles. The fraction of sp³-hybridized carbons (Fsp3) is 0.200. The standard InChI is InChI=1S/C45H44O4P/c1-7-19-36(20-8-1)32-46-35-43-45(48-34-38-23-11-3-12-24-38)42(47-33-37-21-9-2-10-22-37)31-44(49-43)50(39-25-13-4-14-26-39,40-27-15-5-16-28-40)41-29-17-6-18-30-41/h1-30,42-45H,31-35H2/q+1/t42-,43-,44?,45-/m1/s1. The van der Waals surface area contributed by atoms with Crippen LogP contribution >= 0.6 is 7.26 Å². The minimum Gasteiger partial charge on any atom is -0.374 e. The smallest absolute Gasteiger partial charge is 0.184 e. The van der Waals surface area contributed by atoms with Crippen LogP contribution in [0.3, 0.4) is 0 Å². The Morgan fingerprint density at radius 2 is 0.840 bits per heavy atom. The first kappa shape index (κ1) is 34.1. The topological polar surface area (TPSA) is 36.9 Å². The van der Waals surface area contributed by atoms with Crippen LogP contribution in [0.25, 0.3) is 0 Å². The normalized spacial score (nSPS) is 19.2. The second kappa shape index (κ2) is 17.0. The monoisotopic (exact) mass is 679 g/mol. The molecule has 0 aromatic heterocycles. The summed E-state index contributed by atoms with van der Waals surface area (Å²) in [7, 11) is -2.41. The average molecular weight is 680 g/mol. The van der Waals surface area contributed by atoms with Crippen molar-refractivity contribution in [2.75, 3.05) is 6.61 Å². The van der Waals surface area contributed by atoms with Crippen molar-refractivity contribution in [3.63, 3.8) is 0 Å². The van der Waals surface area contributed by atoms with E-state index in [4.69, 9.17) is 18.9 Å². The van der Waals surface area contributed by atoms with E-state index in [1.807, 2.05) is 42.5 Å². The van der Waals surface area contributed by atoms with E-state index in [1.165, 1.54) is 15.9 Å². The number of rotatable bonds is 14. The predicted molar refractivity (Wildman–Crippen MR) is 205 cm³/mol. The van der Waals surface area contributed by atoms with Crippen molar-refractivity contribution in [2.24, 2.45) is 0 Å². The van der Waals surface area contributed by atoms with Gasteiger partial charge in [-0.15, -0.1) is 0 Å². The molecular formula is C45H44O4P+. The van der Waals surface area contributed by atoms with Gasteiger partial charge in [-0.1, -0.05) is 146 Å². The van der Waals surface area contributed by atoms with E-state index in [0.717, 1.165) is 16.7 Å². The Morgan fingerprint density at radius 3 is 1.28 bits per heavy atom. The molecule has 1 unspecified atom stereocenters. The molecule has 0 aliphatic carbocycles. The summed E-state index contributed by atoms with van der Waals surface area (Å²) in [6.45, 7) is 1.79. The molecule has 4 nitrogen and oxygen atoms in total. The Labute approximate surface area is 297 Å². The molecule has 7 rings (SSSR count). The molecule has 0 radical (unpaired) electrons. The zero-order valence-corrected chi connectivity index (χ0v) is 29.1. The molecule has 0 N–H and O–H groups in total. The number of ether oxygens (including phenoxy) is 4. The van der Waals surface area contributed by atoms with Crippen LogP contribution in [0.1, 0.15) is 23.1 Å². The second-order valence-corrected chi connectivity index (χ2v) is 16.3. The van der Waals surface area contributed by atoms with Crippen LogP contribution in [0.15, 0.2) is 182 Å². The summed E-state index contributed by atoms with van der Waals surface area (Å²) in [4.78, 5) is 0. The van der Waals surface area contributed by atoms with E-state index in [-0.39, 0.29) is 24.2 Å². The molecule has 6 aromatic carbocycles. The largest absolute Gasteiger partial charge is 0.374 e. The van der Waals surface area contributed by atoms with Gasteiger partial charge in [-0.3, -0.25) is 0 Å². The van der Waals surface area contributed by atoms with Crippen molar-refractivity contribution in [2.45, 2.75) is 50.4 Å². The summed E-state index contributed by atoms with van der Waals surface area (Å²) in [6, 6.07) is 63.8. The zero-order valence-electron chi connectivity index (χ0n) is 28.2. The second-order valence-electron chi connectivity index (χ2n) is 12.7. The predicted octanol–water partition coefficient (Wildman–Crippen LogP) is 8.48. The minimum atomic E-state index is -2.41. The third-order valence-corrected chi connectivity index (χ3v) is 13.9. The molecule has 1 aliphatic rings. The van der Waals surface area contributed by atoms with Crippen LogP contribution in [0, 0.1) is 0 Å². The highest BCUT2D eigenvalue weighted by atomic mass is 31.2. The fourth-order valence-electron chi connectivity index (χ4n) is 7.01. The maximum atomic E-state index is 7.46. The van der Waals surface area contributed by atoms with Gasteiger partial charge in [-0.05, 0) is 53.1 Å². The summed E-state index contributed by atoms with van der Waals surface area (Å²) in [5, 5.41) is 3.82. The van der Waals surface area contributed by atoms with Gasteiger partial charge in [0.1, 0.15) is 35.4 Å². The minimum absolute atomic E-state index is 0.197. The van der Waals surface area contributed by atoms with Gasteiger partial charge in [0.05, 0.1) is 32.5 Å². The van der Waals surface area contributed by atoms with Crippen molar-refractivity contribution in [3.05, 3.63) is 199 Å². The summed E-state index contributed by atoms with van der Waals surface area (Å²) < 4.78 is 27.7. The zero-order chi connectivity index (χ0) is 33.9. The number of hydrogen-bond donors (Lipinski definition) is 0. The van der Waals surface area contributed by atoms with Crippen LogP contribution < -0.4 is 15.9 Å². The van der Waals surface area contributed by atoms with Crippen molar-refractivity contribution < 1.29 is 18.9 Å². The van der Waals surface area contributed by atoms with Crippen molar-refractivity contribution >= 4 is 23.2 Å². The highest BCUT2D eigenvalue weighted by Gasteiger charge is 2.58. The molecule has 0 amide bonds. The van der Waals surface area contributed by atoms with Crippen molar-refractivity contribution in [3.8, 4) is 0 Å². The Hall–Kier alpha value is -4.41. The molecule has 0 bridgehead atoms. The third-order valence-electron chi connectivity index (χ3n) is 9.41. The molecule has 50 heavy (non-hydrogen) atoms. The van der Waals surface area contributed by atoms with Gasteiger partial charge in [-0.25, -0.2) is 0 Å². The first-order valence-corrected chi connectivity index (χ1v) is 19.3. The van der Waals surface area contributed by atoms with Gasteiger partial charge in [0, 0.05) is 6.42 Å². The van der Waals surface area contributed by atoms with Crippen molar-refractivity contribution in [1.29, 1.82) is 0 Å². The molecule has 1 heterocycles. The third kappa shape index (κ3) is 7.97. The van der Waals surface area contributed by atoms with E-state index in [2.05, 4.69) is 140 Å². The molecule has 0 spiro atoms. The van der Waals surface area contributed by atoms with E-state index < -0.39 is 7.26 Å². The van der Waals surface area contributed by atoms with Gasteiger partial charge < -0.3 is 18.9 Å². The van der Waals surface area contributed by atoms with Gasteiger partial charge >= 0.3 is 0 Å². The molecule has 1 aliphatic heterocycles. The maximum Gasteiger partial charge on any atom is 0.184 e. The number of hydrogen-bond acceptors (Lipinski definition) is 4. The SMILES string of the molecule is c1ccc(COC[C@H]2OC([P+](c3ccccc3)(c3ccccc3)c3ccccc3)C[C@@H](OCc3ccccc3)[C@H]2OCc2ccccc2)cc1. The molecule has 1 saturated heterocycles. The van der Waals surface area contributed by atoms with Gasteiger partial charge in [0.25, 0.3) is 0 Å². The highest BCUT2D eigenvalue weighted by Crippen LogP contribution is 2.63. The van der Waals surface area contributed by atoms with Crippen LogP contribution in [0.2, 0.25) is 0 Å². The molecule has 4 atom stereocenters. The lowest BCUT2D eigenvalue weighted by molar-refractivity contribution is -0.205. The maximum absolute atomic E-state index is 7.46. The molecule has 6 aromatic rings. The van der Waals surface area contributed by atoms with Crippen molar-refractivity contribution in [1.82, 2.24) is 0 Å². The van der Waals surface area contributed by atoms with E-state index in [1.54, 1.807) is 0 Å². The summed E-state index contributed by atoms with van der Waals surface area (Å²) in [5.74, 6) is -0.197. The molecule has 5 heteroatoms. The van der Waals surface area contributed by atoms with E-state index >= 15 is 0 Å². The van der Waals surface area contributed by atoms with Crippen LogP contribution in [-0.2, 0) is 38.8 Å². The molecule has 252 valence electrons. The van der Waals surface area contributed by atoms with Gasteiger partial charge in [0.2, 0.25) is 0 Å². The summed E-state index contributed by atoms with van der Waals surface area (Å²) in [5.41, 5.74) is 3.36. The highest BCUT2D eigenvalue weighted by molar-refractivity contribution is 7.96. The van der Waals surface area contributed by atoms with Crippen LogP contribution in [-0.4, -0.2) is 30.8 Å². The lowest BCUT2D eigenvalue weighted by Crippen LogP contribution is -2.55.